The summed E-state index contributed by atoms with van der Waals surface area (Å²) in [4.78, 5) is 0. The zero-order valence-electron chi connectivity index (χ0n) is 10.1. The molecule has 0 bridgehead atoms. The first-order valence-electron chi connectivity index (χ1n) is 5.24. The first-order chi connectivity index (χ1) is 6.56. The summed E-state index contributed by atoms with van der Waals surface area (Å²) >= 11 is 0. The van der Waals surface area contributed by atoms with Crippen LogP contribution < -0.4 is 0 Å². The predicted molar refractivity (Wildman–Crippen MR) is 57.2 cm³/mol. The van der Waals surface area contributed by atoms with Crippen molar-refractivity contribution in [2.75, 3.05) is 27.7 Å². The Morgan fingerprint density at radius 2 is 1.27 bits per heavy atom. The Morgan fingerprint density at radius 3 is 1.53 bits per heavy atom. The van der Waals surface area contributed by atoms with E-state index >= 15 is 0 Å². The van der Waals surface area contributed by atoms with Crippen LogP contribution in [0.25, 0.3) is 0 Å². The minimum atomic E-state index is -6.00. The Bertz CT molecular complexity index is 136. The third-order valence-electron chi connectivity index (χ3n) is 1.68. The second-order valence-electron chi connectivity index (χ2n) is 4.57. The van der Waals surface area contributed by atoms with Crippen molar-refractivity contribution >= 4 is 7.25 Å². The van der Waals surface area contributed by atoms with Crippen molar-refractivity contribution in [3.05, 3.63) is 0 Å². The number of rotatable bonds is 5. The van der Waals surface area contributed by atoms with E-state index in [0.29, 0.717) is 0 Å². The number of halogens is 4. The number of quaternary nitrogens is 1. The van der Waals surface area contributed by atoms with Crippen LogP contribution in [0.2, 0.25) is 0 Å². The molecule has 0 N–H and O–H groups in total. The quantitative estimate of drug-likeness (QED) is 0.293. The molecule has 0 unspecified atom stereocenters. The molecule has 0 aromatic carbocycles. The fourth-order valence-electron chi connectivity index (χ4n) is 1.01. The normalized spacial score (nSPS) is 12.0. The highest BCUT2D eigenvalue weighted by atomic mass is 19.5. The summed E-state index contributed by atoms with van der Waals surface area (Å²) in [6, 6.07) is 0. The molecule has 0 aromatic rings. The molecule has 0 amide bonds. The minimum Gasteiger partial charge on any atom is -0.418 e. The maximum absolute atomic E-state index is 9.75. The van der Waals surface area contributed by atoms with Gasteiger partial charge < -0.3 is 21.7 Å². The van der Waals surface area contributed by atoms with E-state index in [-0.39, 0.29) is 0 Å². The summed E-state index contributed by atoms with van der Waals surface area (Å²) < 4.78 is 40.1. The highest BCUT2D eigenvalue weighted by molar-refractivity contribution is 6.50. The molecular weight excluding hydrogens is 209 g/mol. The van der Waals surface area contributed by atoms with Gasteiger partial charge in [-0.1, -0.05) is 19.8 Å². The van der Waals surface area contributed by atoms with Crippen molar-refractivity contribution in [1.82, 2.24) is 0 Å². The van der Waals surface area contributed by atoms with Crippen LogP contribution in [0.3, 0.4) is 0 Å². The molecule has 0 heterocycles. The van der Waals surface area contributed by atoms with Gasteiger partial charge in [0.05, 0.1) is 27.7 Å². The zero-order valence-corrected chi connectivity index (χ0v) is 10.1. The van der Waals surface area contributed by atoms with Crippen LogP contribution in [0.5, 0.6) is 0 Å². The summed E-state index contributed by atoms with van der Waals surface area (Å²) in [6.07, 6.45) is 5.54. The molecule has 0 aromatic heterocycles. The van der Waals surface area contributed by atoms with Crippen LogP contribution in [-0.4, -0.2) is 39.4 Å². The third kappa shape index (κ3) is 41.7. The second-order valence-corrected chi connectivity index (χ2v) is 4.57. The largest absolute Gasteiger partial charge is 0.673 e. The first kappa shape index (κ1) is 17.1. The van der Waals surface area contributed by atoms with Gasteiger partial charge in [-0.25, -0.2) is 0 Å². The Morgan fingerprint density at radius 1 is 0.867 bits per heavy atom. The molecule has 15 heavy (non-hydrogen) atoms. The van der Waals surface area contributed by atoms with E-state index in [1.807, 2.05) is 0 Å². The van der Waals surface area contributed by atoms with Gasteiger partial charge in [0.1, 0.15) is 0 Å². The molecule has 0 saturated heterocycles. The second kappa shape index (κ2) is 7.96. The van der Waals surface area contributed by atoms with Gasteiger partial charge in [0.15, 0.2) is 0 Å². The van der Waals surface area contributed by atoms with E-state index in [9.17, 15) is 17.3 Å². The fourth-order valence-corrected chi connectivity index (χ4v) is 1.01. The fraction of sp³-hybridized carbons (Fsp3) is 1.00. The van der Waals surface area contributed by atoms with E-state index in [4.69, 9.17) is 0 Å². The monoisotopic (exact) mass is 231 g/mol. The van der Waals surface area contributed by atoms with E-state index < -0.39 is 7.25 Å². The molecule has 0 aliphatic rings. The number of hydrogen-bond acceptors (Lipinski definition) is 0. The van der Waals surface area contributed by atoms with Gasteiger partial charge in [-0.3, -0.25) is 0 Å². The van der Waals surface area contributed by atoms with E-state index in [0.717, 1.165) is 4.48 Å². The Hall–Kier alpha value is -0.255. The molecule has 0 fully saturated rings. The van der Waals surface area contributed by atoms with Gasteiger partial charge in [-0.2, -0.15) is 0 Å². The lowest BCUT2D eigenvalue weighted by Gasteiger charge is -2.23. The average molecular weight is 231 g/mol. The Kier molecular flexibility index (Phi) is 9.10. The molecule has 0 atom stereocenters. The van der Waals surface area contributed by atoms with Crippen molar-refractivity contribution in [2.45, 2.75) is 32.6 Å². The average Bonchev–Trinajstić information content (AvgIpc) is 1.93. The minimum absolute atomic E-state index is 1.11. The van der Waals surface area contributed by atoms with Crippen molar-refractivity contribution < 1.29 is 21.7 Å². The van der Waals surface area contributed by atoms with Gasteiger partial charge >= 0.3 is 7.25 Å². The summed E-state index contributed by atoms with van der Waals surface area (Å²) in [5.41, 5.74) is 0. The molecule has 0 saturated carbocycles. The third-order valence-corrected chi connectivity index (χ3v) is 1.68. The summed E-state index contributed by atoms with van der Waals surface area (Å²) in [7, 11) is 0.768. The zero-order chi connectivity index (χ0) is 12.5. The van der Waals surface area contributed by atoms with Crippen LogP contribution in [0.4, 0.5) is 17.3 Å². The molecular formula is C9H22BF4N. The SMILES string of the molecule is CCCCCC[N+](C)(C)C.F[B-](F)(F)F. The summed E-state index contributed by atoms with van der Waals surface area (Å²) in [6.45, 7) is 3.58. The van der Waals surface area contributed by atoms with Gasteiger partial charge in [0.25, 0.3) is 0 Å². The van der Waals surface area contributed by atoms with Crippen molar-refractivity contribution in [3.63, 3.8) is 0 Å². The molecule has 0 spiro atoms. The van der Waals surface area contributed by atoms with E-state index in [1.165, 1.54) is 32.2 Å². The van der Waals surface area contributed by atoms with Crippen LogP contribution in [-0.2, 0) is 0 Å². The van der Waals surface area contributed by atoms with Crippen molar-refractivity contribution in [2.24, 2.45) is 0 Å². The number of unbranched alkanes of at least 4 members (excludes halogenated alkanes) is 3. The highest BCUT2D eigenvalue weighted by Gasteiger charge is 2.20. The lowest BCUT2D eigenvalue weighted by atomic mass is 10.2. The number of nitrogens with zero attached hydrogens (tertiary/aromatic N) is 1. The van der Waals surface area contributed by atoms with Gasteiger partial charge in [0, 0.05) is 0 Å². The lowest BCUT2D eigenvalue weighted by Crippen LogP contribution is -2.35. The van der Waals surface area contributed by atoms with Crippen LogP contribution >= 0.6 is 0 Å². The van der Waals surface area contributed by atoms with Crippen LogP contribution in [0.15, 0.2) is 0 Å². The highest BCUT2D eigenvalue weighted by Crippen LogP contribution is 2.06. The van der Waals surface area contributed by atoms with Gasteiger partial charge in [-0.05, 0) is 12.8 Å². The maximum atomic E-state index is 9.75. The smallest absolute Gasteiger partial charge is 0.418 e. The topological polar surface area (TPSA) is 0 Å². The van der Waals surface area contributed by atoms with Crippen molar-refractivity contribution in [3.8, 4) is 0 Å². The molecule has 0 radical (unpaired) electrons. The Labute approximate surface area is 90.2 Å². The van der Waals surface area contributed by atoms with Gasteiger partial charge in [0.2, 0.25) is 0 Å². The maximum Gasteiger partial charge on any atom is 0.673 e. The predicted octanol–water partition coefficient (Wildman–Crippen LogP) is 3.57. The molecule has 6 heteroatoms. The van der Waals surface area contributed by atoms with Crippen LogP contribution in [0, 0.1) is 0 Å². The first-order valence-corrected chi connectivity index (χ1v) is 5.24. The van der Waals surface area contributed by atoms with E-state index in [2.05, 4.69) is 28.1 Å². The molecule has 0 rings (SSSR count). The summed E-state index contributed by atoms with van der Waals surface area (Å²) in [5, 5.41) is 0. The van der Waals surface area contributed by atoms with Crippen molar-refractivity contribution in [1.29, 1.82) is 0 Å². The molecule has 0 aliphatic heterocycles. The Balaban J connectivity index is 0. The number of hydrogen-bond donors (Lipinski definition) is 0. The van der Waals surface area contributed by atoms with E-state index in [1.54, 1.807) is 0 Å². The van der Waals surface area contributed by atoms with Gasteiger partial charge in [-0.15, -0.1) is 0 Å². The summed E-state index contributed by atoms with van der Waals surface area (Å²) in [5.74, 6) is 0. The molecule has 1 nitrogen and oxygen atoms in total. The molecule has 94 valence electrons. The molecule has 0 aliphatic carbocycles. The van der Waals surface area contributed by atoms with Crippen LogP contribution in [0.1, 0.15) is 32.6 Å². The standard InChI is InChI=1S/C9H22N.BF4/c1-5-6-7-8-9-10(2,3)4;2-1(3,4)5/h5-9H2,1-4H3;/q+1;-1. The lowest BCUT2D eigenvalue weighted by molar-refractivity contribution is -0.870.